The van der Waals surface area contributed by atoms with Gasteiger partial charge in [-0.15, -0.1) is 11.3 Å². The van der Waals surface area contributed by atoms with E-state index < -0.39 is 21.7 Å². The number of hydrogen-bond donors (Lipinski definition) is 3. The first kappa shape index (κ1) is 13.6. The first-order valence-corrected chi connectivity index (χ1v) is 7.44. The Labute approximate surface area is 112 Å². The zero-order valence-electron chi connectivity index (χ0n) is 9.74. The van der Waals surface area contributed by atoms with Gasteiger partial charge in [0.1, 0.15) is 9.90 Å². The van der Waals surface area contributed by atoms with Gasteiger partial charge in [0.2, 0.25) is 10.0 Å². The Bertz CT molecular complexity index is 690. The van der Waals surface area contributed by atoms with Crippen LogP contribution in [0, 0.1) is 6.92 Å². The lowest BCUT2D eigenvalue weighted by atomic mass is 10.4. The van der Waals surface area contributed by atoms with E-state index >= 15 is 0 Å². The summed E-state index contributed by atoms with van der Waals surface area (Å²) in [5, 5.41) is 17.0. The molecule has 0 aromatic carbocycles. The summed E-state index contributed by atoms with van der Waals surface area (Å²) in [7, 11) is -3.96. The van der Waals surface area contributed by atoms with E-state index in [1.54, 1.807) is 11.6 Å². The molecule has 0 unspecified atom stereocenters. The Morgan fingerprint density at radius 1 is 1.58 bits per heavy atom. The number of aromatic amines is 1. The van der Waals surface area contributed by atoms with Gasteiger partial charge in [0.05, 0.1) is 12.2 Å². The minimum absolute atomic E-state index is 0.00365. The number of hydrogen-bond acceptors (Lipinski definition) is 6. The van der Waals surface area contributed by atoms with Crippen molar-refractivity contribution >= 4 is 27.3 Å². The molecule has 0 saturated heterocycles. The number of sulfonamides is 1. The standard InChI is InChI=1S/C9H10N4O4S2/c1-5-8(7(9(14)15)13-12-5)19(16,17)11-4-6-10-2-3-18-6/h2-3,11H,4H2,1H3,(H,12,13)(H,14,15). The van der Waals surface area contributed by atoms with E-state index in [-0.39, 0.29) is 17.1 Å². The van der Waals surface area contributed by atoms with Crippen LogP contribution in [0.1, 0.15) is 21.2 Å². The summed E-state index contributed by atoms with van der Waals surface area (Å²) >= 11 is 1.30. The molecule has 10 heteroatoms. The van der Waals surface area contributed by atoms with Crippen molar-refractivity contribution < 1.29 is 18.3 Å². The fourth-order valence-electron chi connectivity index (χ4n) is 1.46. The largest absolute Gasteiger partial charge is 0.476 e. The predicted molar refractivity (Wildman–Crippen MR) is 66.4 cm³/mol. The van der Waals surface area contributed by atoms with Gasteiger partial charge in [0.15, 0.2) is 5.69 Å². The summed E-state index contributed by atoms with van der Waals surface area (Å²) in [4.78, 5) is 14.5. The Hall–Kier alpha value is -1.78. The Morgan fingerprint density at radius 2 is 2.32 bits per heavy atom. The van der Waals surface area contributed by atoms with Crippen LogP contribution in [0.4, 0.5) is 0 Å². The molecule has 2 aromatic rings. The monoisotopic (exact) mass is 302 g/mol. The smallest absolute Gasteiger partial charge is 0.357 e. The Kier molecular flexibility index (Phi) is 3.64. The van der Waals surface area contributed by atoms with Gasteiger partial charge in [-0.1, -0.05) is 0 Å². The second kappa shape index (κ2) is 5.07. The molecule has 8 nitrogen and oxygen atoms in total. The molecule has 0 atom stereocenters. The minimum atomic E-state index is -3.96. The molecule has 3 N–H and O–H groups in total. The van der Waals surface area contributed by atoms with E-state index in [0.29, 0.717) is 5.01 Å². The number of H-pyrrole nitrogens is 1. The average Bonchev–Trinajstić information content (AvgIpc) is 2.95. The molecule has 102 valence electrons. The molecule has 2 rings (SSSR count). The number of nitrogens with zero attached hydrogens (tertiary/aromatic N) is 2. The lowest BCUT2D eigenvalue weighted by molar-refractivity contribution is 0.0686. The fraction of sp³-hybridized carbons (Fsp3) is 0.222. The number of aromatic nitrogens is 3. The van der Waals surface area contributed by atoms with Crippen LogP contribution in [-0.4, -0.2) is 34.7 Å². The van der Waals surface area contributed by atoms with Crippen LogP contribution >= 0.6 is 11.3 Å². The quantitative estimate of drug-likeness (QED) is 0.732. The molecule has 0 aliphatic heterocycles. The van der Waals surface area contributed by atoms with Crippen LogP contribution in [0.15, 0.2) is 16.5 Å². The molecule has 0 aliphatic carbocycles. The van der Waals surface area contributed by atoms with Crippen LogP contribution in [0.3, 0.4) is 0 Å². The summed E-state index contributed by atoms with van der Waals surface area (Å²) in [6.07, 6.45) is 1.56. The average molecular weight is 302 g/mol. The second-order valence-electron chi connectivity index (χ2n) is 3.58. The summed E-state index contributed by atoms with van der Waals surface area (Å²) in [6.45, 7) is 1.45. The first-order chi connectivity index (χ1) is 8.92. The highest BCUT2D eigenvalue weighted by Crippen LogP contribution is 2.18. The number of aromatic carboxylic acids is 1. The molecule has 2 aromatic heterocycles. The molecular formula is C9H10N4O4S2. The SMILES string of the molecule is Cc1[nH]nc(C(=O)O)c1S(=O)(=O)NCc1nccs1. The third-order valence-corrected chi connectivity index (χ3v) is 4.60. The van der Waals surface area contributed by atoms with Crippen LogP contribution in [-0.2, 0) is 16.6 Å². The van der Waals surface area contributed by atoms with Gasteiger partial charge in [-0.2, -0.15) is 5.10 Å². The molecule has 0 amide bonds. The lowest BCUT2D eigenvalue weighted by Gasteiger charge is -2.05. The predicted octanol–water partition coefficient (Wildman–Crippen LogP) is 0.351. The maximum absolute atomic E-state index is 12.1. The molecule has 2 heterocycles. The van der Waals surface area contributed by atoms with Gasteiger partial charge in [0.25, 0.3) is 0 Å². The fourth-order valence-corrected chi connectivity index (χ4v) is 3.42. The Balaban J connectivity index is 2.29. The molecule has 0 aliphatic rings. The summed E-state index contributed by atoms with van der Waals surface area (Å²) in [6, 6.07) is 0. The van der Waals surface area contributed by atoms with Crippen molar-refractivity contribution in [1.29, 1.82) is 0 Å². The molecule has 0 spiro atoms. The number of rotatable bonds is 5. The first-order valence-electron chi connectivity index (χ1n) is 5.08. The minimum Gasteiger partial charge on any atom is -0.476 e. The molecule has 0 fully saturated rings. The van der Waals surface area contributed by atoms with Crippen molar-refractivity contribution in [3.63, 3.8) is 0 Å². The van der Waals surface area contributed by atoms with E-state index in [4.69, 9.17) is 5.11 Å². The number of carbonyl (C=O) groups is 1. The maximum atomic E-state index is 12.1. The van der Waals surface area contributed by atoms with Crippen molar-refractivity contribution in [1.82, 2.24) is 19.9 Å². The van der Waals surface area contributed by atoms with E-state index in [9.17, 15) is 13.2 Å². The zero-order valence-corrected chi connectivity index (χ0v) is 11.4. The van der Waals surface area contributed by atoms with E-state index in [1.807, 2.05) is 0 Å². The molecule has 0 radical (unpaired) electrons. The van der Waals surface area contributed by atoms with Crippen LogP contribution in [0.5, 0.6) is 0 Å². The molecule has 19 heavy (non-hydrogen) atoms. The van der Waals surface area contributed by atoms with Gasteiger partial charge < -0.3 is 5.11 Å². The number of thiazole rings is 1. The number of carboxylic acids is 1. The zero-order chi connectivity index (χ0) is 14.0. The molecule has 0 bridgehead atoms. The van der Waals surface area contributed by atoms with Gasteiger partial charge in [-0.25, -0.2) is 22.9 Å². The van der Waals surface area contributed by atoms with Crippen LogP contribution in [0.2, 0.25) is 0 Å². The van der Waals surface area contributed by atoms with Crippen molar-refractivity contribution in [3.05, 3.63) is 28.0 Å². The van der Waals surface area contributed by atoms with Crippen LogP contribution < -0.4 is 4.72 Å². The topological polar surface area (TPSA) is 125 Å². The third-order valence-electron chi connectivity index (χ3n) is 2.26. The van der Waals surface area contributed by atoms with Crippen molar-refractivity contribution in [2.45, 2.75) is 18.4 Å². The summed E-state index contributed by atoms with van der Waals surface area (Å²) in [5.74, 6) is -1.40. The Morgan fingerprint density at radius 3 is 2.89 bits per heavy atom. The highest BCUT2D eigenvalue weighted by Gasteiger charge is 2.28. The molecule has 0 saturated carbocycles. The van der Waals surface area contributed by atoms with Crippen molar-refractivity contribution in [3.8, 4) is 0 Å². The van der Waals surface area contributed by atoms with Gasteiger partial charge in [0, 0.05) is 11.6 Å². The highest BCUT2D eigenvalue weighted by molar-refractivity contribution is 7.89. The van der Waals surface area contributed by atoms with Gasteiger partial charge >= 0.3 is 5.97 Å². The molecular weight excluding hydrogens is 292 g/mol. The number of nitrogens with one attached hydrogen (secondary N) is 2. The normalized spacial score (nSPS) is 11.6. The summed E-state index contributed by atoms with van der Waals surface area (Å²) < 4.78 is 26.5. The second-order valence-corrected chi connectivity index (χ2v) is 6.26. The van der Waals surface area contributed by atoms with E-state index in [0.717, 1.165) is 0 Å². The number of carboxylic acid groups (broad SMARTS) is 1. The van der Waals surface area contributed by atoms with Gasteiger partial charge in [-0.3, -0.25) is 5.10 Å². The van der Waals surface area contributed by atoms with E-state index in [1.165, 1.54) is 18.3 Å². The highest BCUT2D eigenvalue weighted by atomic mass is 32.2. The van der Waals surface area contributed by atoms with Crippen molar-refractivity contribution in [2.24, 2.45) is 0 Å². The van der Waals surface area contributed by atoms with Crippen molar-refractivity contribution in [2.75, 3.05) is 0 Å². The summed E-state index contributed by atoms with van der Waals surface area (Å²) in [5.41, 5.74) is -0.354. The van der Waals surface area contributed by atoms with E-state index in [2.05, 4.69) is 19.9 Å². The lowest BCUT2D eigenvalue weighted by Crippen LogP contribution is -2.25. The van der Waals surface area contributed by atoms with Crippen LogP contribution in [0.25, 0.3) is 0 Å². The maximum Gasteiger partial charge on any atom is 0.357 e. The van der Waals surface area contributed by atoms with Gasteiger partial charge in [-0.05, 0) is 6.92 Å². The third kappa shape index (κ3) is 2.80. The number of aryl methyl sites for hydroxylation is 1.